The van der Waals surface area contributed by atoms with Gasteiger partial charge in [0.1, 0.15) is 24.3 Å². The quantitative estimate of drug-likeness (QED) is 0.403. The molecule has 2 aliphatic rings. The third kappa shape index (κ3) is 2.77. The molecule has 0 bridgehead atoms. The van der Waals surface area contributed by atoms with Gasteiger partial charge >= 0.3 is 23.9 Å². The molecule has 2 fully saturated rings. The van der Waals surface area contributed by atoms with Crippen molar-refractivity contribution < 1.29 is 49.1 Å². The molecule has 0 radical (unpaired) electrons. The number of aromatic carboxylic acids is 4. The van der Waals surface area contributed by atoms with Gasteiger partial charge < -0.3 is 29.9 Å². The van der Waals surface area contributed by atoms with Gasteiger partial charge in [0.25, 0.3) is 0 Å². The first-order valence-electron chi connectivity index (χ1n) is 8.29. The monoisotopic (exact) mass is 424 g/mol. The summed E-state index contributed by atoms with van der Waals surface area (Å²) >= 11 is 0. The zero-order valence-electron chi connectivity index (χ0n) is 14.6. The average molecular weight is 424 g/mol. The number of ether oxygens (including phenoxy) is 2. The van der Waals surface area contributed by atoms with E-state index in [9.17, 15) is 29.4 Å². The molecule has 4 N–H and O–H groups in total. The molecule has 2 aromatic heterocycles. The van der Waals surface area contributed by atoms with Crippen molar-refractivity contribution in [3.05, 3.63) is 22.8 Å². The fraction of sp³-hybridized carbons (Fsp3) is 0.429. The van der Waals surface area contributed by atoms with Gasteiger partial charge in [-0.15, -0.1) is 10.2 Å². The normalized spacial score (nSPS) is 25.2. The lowest BCUT2D eigenvalue weighted by atomic mass is 10.1. The highest BCUT2D eigenvalue weighted by atomic mass is 16.6. The van der Waals surface area contributed by atoms with E-state index in [1.807, 2.05) is 0 Å². The molecule has 16 heteroatoms. The maximum absolute atomic E-state index is 11.5. The maximum Gasteiger partial charge on any atom is 0.359 e. The lowest BCUT2D eigenvalue weighted by Crippen LogP contribution is -2.32. The van der Waals surface area contributed by atoms with Crippen molar-refractivity contribution in [2.24, 2.45) is 0 Å². The van der Waals surface area contributed by atoms with Crippen LogP contribution in [0.2, 0.25) is 0 Å². The number of hydrogen-bond donors (Lipinski definition) is 4. The number of carboxylic acid groups (broad SMARTS) is 4. The second-order valence-electron chi connectivity index (χ2n) is 6.41. The van der Waals surface area contributed by atoms with Gasteiger partial charge in [-0.25, -0.2) is 28.5 Å². The number of carboxylic acids is 4. The van der Waals surface area contributed by atoms with E-state index in [-0.39, 0.29) is 13.2 Å². The van der Waals surface area contributed by atoms with Gasteiger partial charge in [-0.2, -0.15) is 0 Å². The van der Waals surface area contributed by atoms with Crippen LogP contribution >= 0.6 is 0 Å². The van der Waals surface area contributed by atoms with E-state index in [1.165, 1.54) is 0 Å². The Hall–Kier alpha value is -3.92. The SMILES string of the molecule is O=C(O)c1nnn([C@@H]2CO[C@@H]3[C@H]2OC[C@@H]3n2nnc(C(=O)O)c2C(=O)O)c1C(=O)O. The summed E-state index contributed by atoms with van der Waals surface area (Å²) in [6, 6.07) is -1.75. The first-order chi connectivity index (χ1) is 14.2. The first-order valence-corrected chi connectivity index (χ1v) is 8.29. The zero-order chi connectivity index (χ0) is 21.7. The van der Waals surface area contributed by atoms with Crippen LogP contribution in [0, 0.1) is 0 Å². The molecule has 4 rings (SSSR count). The Morgan fingerprint density at radius 2 is 1.07 bits per heavy atom. The highest BCUT2D eigenvalue weighted by molar-refractivity contribution is 5.99. The minimum atomic E-state index is -1.57. The predicted molar refractivity (Wildman–Crippen MR) is 85.4 cm³/mol. The van der Waals surface area contributed by atoms with E-state index < -0.39 is 70.9 Å². The Labute approximate surface area is 164 Å². The minimum absolute atomic E-state index is 0.141. The van der Waals surface area contributed by atoms with Crippen molar-refractivity contribution in [3.8, 4) is 0 Å². The summed E-state index contributed by atoms with van der Waals surface area (Å²) in [4.78, 5) is 45.5. The number of carbonyl (C=O) groups is 4. The van der Waals surface area contributed by atoms with Crippen LogP contribution in [0.15, 0.2) is 0 Å². The molecule has 0 saturated carbocycles. The van der Waals surface area contributed by atoms with Gasteiger partial charge in [-0.1, -0.05) is 10.4 Å². The Bertz CT molecular complexity index is 991. The predicted octanol–water partition coefficient (Wildman–Crippen LogP) is -1.76. The number of rotatable bonds is 6. The largest absolute Gasteiger partial charge is 0.476 e. The highest BCUT2D eigenvalue weighted by Crippen LogP contribution is 2.40. The van der Waals surface area contributed by atoms with Crippen molar-refractivity contribution in [1.29, 1.82) is 0 Å². The van der Waals surface area contributed by atoms with Crippen molar-refractivity contribution in [2.75, 3.05) is 13.2 Å². The lowest BCUT2D eigenvalue weighted by molar-refractivity contribution is 0.0564. The lowest BCUT2D eigenvalue weighted by Gasteiger charge is -2.18. The summed E-state index contributed by atoms with van der Waals surface area (Å²) in [5.74, 6) is -6.28. The summed E-state index contributed by atoms with van der Waals surface area (Å²) in [6.45, 7) is -0.283. The van der Waals surface area contributed by atoms with E-state index in [1.54, 1.807) is 0 Å². The van der Waals surface area contributed by atoms with Crippen LogP contribution in [0.1, 0.15) is 54.0 Å². The van der Waals surface area contributed by atoms with Crippen LogP contribution in [-0.4, -0.2) is 99.7 Å². The molecule has 0 aromatic carbocycles. The Morgan fingerprint density at radius 1 is 0.700 bits per heavy atom. The van der Waals surface area contributed by atoms with E-state index in [0.29, 0.717) is 0 Å². The molecule has 0 amide bonds. The van der Waals surface area contributed by atoms with E-state index in [0.717, 1.165) is 9.36 Å². The highest BCUT2D eigenvalue weighted by Gasteiger charge is 2.52. The standard InChI is InChI=1S/C14H12N6O10/c21-11(22)5-7(13(25)26)19(17-15-5)3-1-29-10-4(2-30-9(3)10)20-8(14(27)28)6(12(23)24)16-18-20/h3-4,9-10H,1-2H2,(H,21,22)(H,23,24)(H,25,26)(H,27,28)/t3-,4+,9-,10-/m0/s1. The second-order valence-corrected chi connectivity index (χ2v) is 6.41. The molecule has 4 atom stereocenters. The van der Waals surface area contributed by atoms with Crippen molar-refractivity contribution >= 4 is 23.9 Å². The average Bonchev–Trinajstić information content (AvgIpc) is 3.41. The number of fused-ring (bicyclic) bond motifs is 1. The molecular weight excluding hydrogens is 412 g/mol. The van der Waals surface area contributed by atoms with Gasteiger partial charge in [0.05, 0.1) is 13.2 Å². The van der Waals surface area contributed by atoms with E-state index in [4.69, 9.17) is 19.7 Å². The maximum atomic E-state index is 11.5. The van der Waals surface area contributed by atoms with Crippen molar-refractivity contribution in [3.63, 3.8) is 0 Å². The first kappa shape index (κ1) is 19.4. The zero-order valence-corrected chi connectivity index (χ0v) is 14.6. The summed E-state index contributed by atoms with van der Waals surface area (Å²) in [7, 11) is 0. The van der Waals surface area contributed by atoms with Crippen LogP contribution in [-0.2, 0) is 9.47 Å². The third-order valence-corrected chi connectivity index (χ3v) is 4.83. The van der Waals surface area contributed by atoms with E-state index >= 15 is 0 Å². The molecule has 2 aliphatic heterocycles. The smallest absolute Gasteiger partial charge is 0.359 e. The van der Waals surface area contributed by atoms with Gasteiger partial charge in [0.15, 0.2) is 11.4 Å². The minimum Gasteiger partial charge on any atom is -0.476 e. The molecule has 4 heterocycles. The van der Waals surface area contributed by atoms with Gasteiger partial charge in [0, 0.05) is 0 Å². The summed E-state index contributed by atoms with van der Waals surface area (Å²) in [5.41, 5.74) is -2.83. The Balaban J connectivity index is 1.68. The third-order valence-electron chi connectivity index (χ3n) is 4.83. The molecule has 16 nitrogen and oxygen atoms in total. The fourth-order valence-electron chi connectivity index (χ4n) is 3.62. The molecular formula is C14H12N6O10. The molecule has 0 unspecified atom stereocenters. The molecule has 0 spiro atoms. The van der Waals surface area contributed by atoms with Crippen LogP contribution in [0.5, 0.6) is 0 Å². The molecule has 30 heavy (non-hydrogen) atoms. The van der Waals surface area contributed by atoms with Crippen LogP contribution in [0.25, 0.3) is 0 Å². The van der Waals surface area contributed by atoms with Gasteiger partial charge in [0.2, 0.25) is 11.4 Å². The van der Waals surface area contributed by atoms with Crippen molar-refractivity contribution in [2.45, 2.75) is 24.3 Å². The molecule has 0 aliphatic carbocycles. The summed E-state index contributed by atoms with van der Waals surface area (Å²) in [6.07, 6.45) is -1.70. The molecule has 2 aromatic rings. The number of nitrogens with zero attached hydrogens (tertiary/aromatic N) is 6. The van der Waals surface area contributed by atoms with Crippen LogP contribution in [0.3, 0.4) is 0 Å². The van der Waals surface area contributed by atoms with E-state index in [2.05, 4.69) is 20.6 Å². The fourth-order valence-corrected chi connectivity index (χ4v) is 3.62. The van der Waals surface area contributed by atoms with Crippen LogP contribution in [0.4, 0.5) is 0 Å². The van der Waals surface area contributed by atoms with Crippen LogP contribution < -0.4 is 0 Å². The number of hydrogen-bond acceptors (Lipinski definition) is 10. The Kier molecular flexibility index (Phi) is 4.43. The van der Waals surface area contributed by atoms with Gasteiger partial charge in [-0.05, 0) is 0 Å². The number of aromatic nitrogens is 6. The summed E-state index contributed by atoms with van der Waals surface area (Å²) < 4.78 is 13.0. The van der Waals surface area contributed by atoms with Crippen molar-refractivity contribution in [1.82, 2.24) is 30.0 Å². The topological polar surface area (TPSA) is 229 Å². The molecule has 2 saturated heterocycles. The Morgan fingerprint density at radius 3 is 1.37 bits per heavy atom. The van der Waals surface area contributed by atoms with Gasteiger partial charge in [-0.3, -0.25) is 0 Å². The second kappa shape index (κ2) is 6.85. The summed E-state index contributed by atoms with van der Waals surface area (Å²) in [5, 5.41) is 51.0. The molecule has 158 valence electrons.